The second kappa shape index (κ2) is 7.70. The van der Waals surface area contributed by atoms with Crippen molar-refractivity contribution >= 4 is 55.0 Å². The smallest absolute Gasteiger partial charge is 0.0300 e. The van der Waals surface area contributed by atoms with Gasteiger partial charge in [0.2, 0.25) is 0 Å². The van der Waals surface area contributed by atoms with Gasteiger partial charge in [-0.15, -0.1) is 23.1 Å². The lowest BCUT2D eigenvalue weighted by molar-refractivity contribution is 0.741. The highest BCUT2D eigenvalue weighted by Crippen LogP contribution is 2.21. The molecule has 5 heteroatoms. The van der Waals surface area contributed by atoms with Crippen molar-refractivity contribution in [2.45, 2.75) is 11.4 Å². The highest BCUT2D eigenvalue weighted by atomic mass is 79.9. The number of rotatable bonds is 6. The van der Waals surface area contributed by atoms with E-state index in [2.05, 4.69) is 72.9 Å². The van der Waals surface area contributed by atoms with E-state index in [1.807, 2.05) is 11.8 Å². The number of nitrogens with one attached hydrogen (secondary N) is 1. The average molecular weight is 407 g/mol. The Hall–Kier alpha value is 0.190. The van der Waals surface area contributed by atoms with Gasteiger partial charge in [-0.25, -0.2) is 0 Å². The van der Waals surface area contributed by atoms with Crippen LogP contribution in [0.4, 0.5) is 0 Å². The molecule has 1 heterocycles. The Kier molecular flexibility index (Phi) is 6.24. The van der Waals surface area contributed by atoms with Gasteiger partial charge in [-0.05, 0) is 46.3 Å². The molecule has 0 aliphatic carbocycles. The summed E-state index contributed by atoms with van der Waals surface area (Å²) in [6.07, 6.45) is 0. The molecule has 0 fully saturated rings. The maximum Gasteiger partial charge on any atom is 0.0300 e. The predicted molar refractivity (Wildman–Crippen MR) is 88.6 cm³/mol. The Morgan fingerprint density at radius 1 is 1.11 bits per heavy atom. The molecule has 2 aromatic rings. The molecule has 0 bridgehead atoms. The summed E-state index contributed by atoms with van der Waals surface area (Å²) in [4.78, 5) is 2.69. The number of hydrogen-bond donors (Lipinski definition) is 1. The average Bonchev–Trinajstić information content (AvgIpc) is 2.77. The molecule has 0 saturated heterocycles. The summed E-state index contributed by atoms with van der Waals surface area (Å²) in [5, 5.41) is 5.57. The van der Waals surface area contributed by atoms with Crippen molar-refractivity contribution in [2.24, 2.45) is 0 Å². The van der Waals surface area contributed by atoms with E-state index in [-0.39, 0.29) is 0 Å². The molecule has 1 N–H and O–H groups in total. The minimum atomic E-state index is 0.956. The lowest BCUT2D eigenvalue weighted by atomic mass is 10.4. The molecule has 0 amide bonds. The number of benzene rings is 1. The number of thioether (sulfide) groups is 1. The Bertz CT molecular complexity index is 482. The molecule has 1 nitrogen and oxygen atoms in total. The van der Waals surface area contributed by atoms with Gasteiger partial charge in [0.25, 0.3) is 0 Å². The summed E-state index contributed by atoms with van der Waals surface area (Å²) in [7, 11) is 0. The molecule has 0 aliphatic rings. The van der Waals surface area contributed by atoms with Crippen LogP contribution in [0.1, 0.15) is 4.88 Å². The Labute approximate surface area is 133 Å². The number of halogens is 2. The van der Waals surface area contributed by atoms with E-state index >= 15 is 0 Å². The van der Waals surface area contributed by atoms with Gasteiger partial charge in [0.05, 0.1) is 0 Å². The van der Waals surface area contributed by atoms with Gasteiger partial charge in [0.15, 0.2) is 0 Å². The van der Waals surface area contributed by atoms with E-state index in [1.54, 1.807) is 11.3 Å². The standard InChI is InChI=1S/C13H13Br2NS2/c14-10-1-3-12(4-2-10)17-6-5-16-8-13-7-11(15)9-18-13/h1-4,7,9,16H,5-6,8H2. The van der Waals surface area contributed by atoms with Crippen molar-refractivity contribution in [3.8, 4) is 0 Å². The summed E-state index contributed by atoms with van der Waals surface area (Å²) >= 11 is 10.6. The lowest BCUT2D eigenvalue weighted by Gasteiger charge is -2.03. The largest absolute Gasteiger partial charge is 0.311 e. The van der Waals surface area contributed by atoms with Gasteiger partial charge < -0.3 is 5.32 Å². The van der Waals surface area contributed by atoms with E-state index in [0.29, 0.717) is 0 Å². The fourth-order valence-electron chi connectivity index (χ4n) is 1.43. The van der Waals surface area contributed by atoms with Gasteiger partial charge in [-0.2, -0.15) is 0 Å². The van der Waals surface area contributed by atoms with Gasteiger partial charge in [0.1, 0.15) is 0 Å². The summed E-state index contributed by atoms with van der Waals surface area (Å²) < 4.78 is 2.31. The molecule has 0 radical (unpaired) electrons. The molecule has 1 aromatic carbocycles. The molecule has 18 heavy (non-hydrogen) atoms. The fourth-order valence-corrected chi connectivity index (χ4v) is 3.93. The molecule has 0 atom stereocenters. The first-order chi connectivity index (χ1) is 8.74. The molecule has 0 saturated carbocycles. The fraction of sp³-hybridized carbons (Fsp3) is 0.231. The zero-order valence-corrected chi connectivity index (χ0v) is 14.5. The maximum absolute atomic E-state index is 3.47. The van der Waals surface area contributed by atoms with E-state index in [4.69, 9.17) is 0 Å². The SMILES string of the molecule is Brc1ccc(SCCNCc2cc(Br)cs2)cc1. The summed E-state index contributed by atoms with van der Waals surface area (Å²) in [6, 6.07) is 10.6. The van der Waals surface area contributed by atoms with Crippen LogP contribution in [0.5, 0.6) is 0 Å². The third-order valence-corrected chi connectivity index (χ3v) is 5.52. The van der Waals surface area contributed by atoms with Crippen molar-refractivity contribution in [1.29, 1.82) is 0 Å². The minimum absolute atomic E-state index is 0.956. The quantitative estimate of drug-likeness (QED) is 0.525. The first-order valence-corrected chi connectivity index (χ1v) is 9.01. The van der Waals surface area contributed by atoms with E-state index < -0.39 is 0 Å². The Morgan fingerprint density at radius 3 is 2.56 bits per heavy atom. The number of thiophene rings is 1. The zero-order chi connectivity index (χ0) is 12.8. The Morgan fingerprint density at radius 2 is 1.89 bits per heavy atom. The van der Waals surface area contributed by atoms with Gasteiger partial charge in [-0.3, -0.25) is 0 Å². The molecule has 96 valence electrons. The second-order valence-corrected chi connectivity index (χ2v) is 7.71. The summed E-state index contributed by atoms with van der Waals surface area (Å²) in [5.41, 5.74) is 0. The molecule has 0 aliphatic heterocycles. The van der Waals surface area contributed by atoms with E-state index in [0.717, 1.165) is 23.3 Å². The van der Waals surface area contributed by atoms with Crippen molar-refractivity contribution in [3.05, 3.63) is 49.5 Å². The van der Waals surface area contributed by atoms with Crippen LogP contribution in [0.2, 0.25) is 0 Å². The predicted octanol–water partition coefficient (Wildman–Crippen LogP) is 5.16. The summed E-state index contributed by atoms with van der Waals surface area (Å²) in [5.74, 6) is 1.09. The molecule has 1 aromatic heterocycles. The highest BCUT2D eigenvalue weighted by Gasteiger charge is 1.97. The minimum Gasteiger partial charge on any atom is -0.311 e. The molecule has 0 unspecified atom stereocenters. The lowest BCUT2D eigenvalue weighted by Crippen LogP contribution is -2.15. The van der Waals surface area contributed by atoms with Crippen LogP contribution in [-0.4, -0.2) is 12.3 Å². The molecular weight excluding hydrogens is 394 g/mol. The molecule has 0 spiro atoms. The van der Waals surface area contributed by atoms with Crippen molar-refractivity contribution < 1.29 is 0 Å². The monoisotopic (exact) mass is 405 g/mol. The van der Waals surface area contributed by atoms with Crippen LogP contribution in [0.3, 0.4) is 0 Å². The van der Waals surface area contributed by atoms with Crippen LogP contribution in [-0.2, 0) is 6.54 Å². The zero-order valence-electron chi connectivity index (χ0n) is 9.66. The first-order valence-electron chi connectivity index (χ1n) is 5.56. The van der Waals surface area contributed by atoms with E-state index in [1.165, 1.54) is 14.2 Å². The first kappa shape index (κ1) is 14.6. The van der Waals surface area contributed by atoms with Crippen LogP contribution >= 0.6 is 55.0 Å². The van der Waals surface area contributed by atoms with Crippen LogP contribution in [0, 0.1) is 0 Å². The van der Waals surface area contributed by atoms with Crippen molar-refractivity contribution in [2.75, 3.05) is 12.3 Å². The third kappa shape index (κ3) is 5.05. The molecule has 2 rings (SSSR count). The maximum atomic E-state index is 3.47. The van der Waals surface area contributed by atoms with Crippen LogP contribution in [0.15, 0.2) is 49.6 Å². The van der Waals surface area contributed by atoms with Gasteiger partial charge in [0, 0.05) is 42.9 Å². The van der Waals surface area contributed by atoms with Gasteiger partial charge in [-0.1, -0.05) is 15.9 Å². The second-order valence-electron chi connectivity index (χ2n) is 3.71. The highest BCUT2D eigenvalue weighted by molar-refractivity contribution is 9.10. The third-order valence-electron chi connectivity index (χ3n) is 2.28. The Balaban J connectivity index is 1.63. The van der Waals surface area contributed by atoms with Crippen molar-refractivity contribution in [3.63, 3.8) is 0 Å². The summed E-state index contributed by atoms with van der Waals surface area (Å²) in [6.45, 7) is 1.98. The van der Waals surface area contributed by atoms with E-state index in [9.17, 15) is 0 Å². The van der Waals surface area contributed by atoms with Crippen LogP contribution in [0.25, 0.3) is 0 Å². The van der Waals surface area contributed by atoms with Crippen LogP contribution < -0.4 is 5.32 Å². The number of hydrogen-bond acceptors (Lipinski definition) is 3. The van der Waals surface area contributed by atoms with Crippen molar-refractivity contribution in [1.82, 2.24) is 5.32 Å². The topological polar surface area (TPSA) is 12.0 Å². The normalized spacial score (nSPS) is 10.8. The molecular formula is C13H13Br2NS2. The van der Waals surface area contributed by atoms with Gasteiger partial charge >= 0.3 is 0 Å².